The number of benzene rings is 2. The summed E-state index contributed by atoms with van der Waals surface area (Å²) in [7, 11) is 1.65. The fourth-order valence-electron chi connectivity index (χ4n) is 4.73. The molecule has 0 radical (unpaired) electrons. The Hall–Kier alpha value is -3.00. The molecule has 3 aromatic rings. The van der Waals surface area contributed by atoms with Crippen LogP contribution in [0.15, 0.2) is 42.7 Å². The monoisotopic (exact) mass is 456 g/mol. The number of hydrogen-bond donors (Lipinski definition) is 1. The molecule has 2 heterocycles. The summed E-state index contributed by atoms with van der Waals surface area (Å²) < 4.78 is 34.8. The number of ether oxygens (including phenoxy) is 1. The SMILES string of the molecule is COc1ccccc1C(CNC(=O)C(C(C)C)n1cnc2cc(F)c(F)cc21)N1CCCC1. The Morgan fingerprint density at radius 1 is 1.15 bits per heavy atom. The summed E-state index contributed by atoms with van der Waals surface area (Å²) in [5.74, 6) is -1.40. The van der Waals surface area contributed by atoms with Gasteiger partial charge in [-0.05, 0) is 37.9 Å². The number of imidazole rings is 1. The van der Waals surface area contributed by atoms with Crippen molar-refractivity contribution in [3.63, 3.8) is 0 Å². The van der Waals surface area contributed by atoms with Crippen LogP contribution in [0.5, 0.6) is 5.75 Å². The Kier molecular flexibility index (Phi) is 6.93. The quantitative estimate of drug-likeness (QED) is 0.543. The highest BCUT2D eigenvalue weighted by Crippen LogP contribution is 2.32. The molecule has 1 aliphatic heterocycles. The first-order valence-corrected chi connectivity index (χ1v) is 11.4. The third-order valence-corrected chi connectivity index (χ3v) is 6.37. The summed E-state index contributed by atoms with van der Waals surface area (Å²) in [6.45, 7) is 6.19. The van der Waals surface area contributed by atoms with Gasteiger partial charge in [0.2, 0.25) is 5.91 Å². The minimum absolute atomic E-state index is 0.0218. The molecule has 176 valence electrons. The van der Waals surface area contributed by atoms with E-state index < -0.39 is 17.7 Å². The van der Waals surface area contributed by atoms with Gasteiger partial charge in [-0.25, -0.2) is 13.8 Å². The summed E-state index contributed by atoms with van der Waals surface area (Å²) in [6, 6.07) is 9.40. The van der Waals surface area contributed by atoms with E-state index in [9.17, 15) is 13.6 Å². The number of aromatic nitrogens is 2. The van der Waals surface area contributed by atoms with E-state index in [1.54, 1.807) is 11.7 Å². The number of amides is 1. The van der Waals surface area contributed by atoms with E-state index in [-0.39, 0.29) is 17.9 Å². The van der Waals surface area contributed by atoms with E-state index in [1.807, 2.05) is 38.1 Å². The van der Waals surface area contributed by atoms with Crippen molar-refractivity contribution in [2.75, 3.05) is 26.7 Å². The molecule has 0 saturated carbocycles. The number of likely N-dealkylation sites (tertiary alicyclic amines) is 1. The first kappa shape index (κ1) is 23.2. The molecule has 4 rings (SSSR count). The van der Waals surface area contributed by atoms with E-state index in [1.165, 1.54) is 6.33 Å². The molecule has 33 heavy (non-hydrogen) atoms. The Morgan fingerprint density at radius 2 is 1.85 bits per heavy atom. The standard InChI is InChI=1S/C25H30F2N4O2/c1-16(2)24(31-15-29-20-12-18(26)19(27)13-21(20)31)25(32)28-14-22(30-10-6-7-11-30)17-8-4-5-9-23(17)33-3/h4-5,8-9,12-13,15-16,22,24H,6-7,10-11,14H2,1-3H3,(H,28,32). The van der Waals surface area contributed by atoms with E-state index >= 15 is 0 Å². The lowest BCUT2D eigenvalue weighted by Crippen LogP contribution is -2.41. The molecule has 1 aliphatic rings. The molecule has 1 aromatic heterocycles. The smallest absolute Gasteiger partial charge is 0.243 e. The minimum Gasteiger partial charge on any atom is -0.496 e. The Balaban J connectivity index is 1.60. The van der Waals surface area contributed by atoms with Crippen LogP contribution in [-0.2, 0) is 4.79 Å². The highest BCUT2D eigenvalue weighted by atomic mass is 19.2. The molecular weight excluding hydrogens is 426 g/mol. The molecule has 8 heteroatoms. The number of halogens is 2. The van der Waals surface area contributed by atoms with Gasteiger partial charge in [0, 0.05) is 24.2 Å². The number of carbonyl (C=O) groups is 1. The average molecular weight is 457 g/mol. The molecule has 2 atom stereocenters. The summed E-state index contributed by atoms with van der Waals surface area (Å²) in [5, 5.41) is 3.12. The van der Waals surface area contributed by atoms with Crippen LogP contribution in [0.25, 0.3) is 11.0 Å². The fourth-order valence-corrected chi connectivity index (χ4v) is 4.73. The second kappa shape index (κ2) is 9.87. The number of rotatable bonds is 8. The van der Waals surface area contributed by atoms with Gasteiger partial charge in [0.05, 0.1) is 30.5 Å². The van der Waals surface area contributed by atoms with Gasteiger partial charge in [0.1, 0.15) is 11.8 Å². The van der Waals surface area contributed by atoms with Gasteiger partial charge in [-0.1, -0.05) is 32.0 Å². The topological polar surface area (TPSA) is 59.4 Å². The van der Waals surface area contributed by atoms with Gasteiger partial charge in [-0.15, -0.1) is 0 Å². The van der Waals surface area contributed by atoms with Crippen molar-refractivity contribution in [3.05, 3.63) is 59.9 Å². The third kappa shape index (κ3) is 4.71. The number of hydrogen-bond acceptors (Lipinski definition) is 4. The maximum absolute atomic E-state index is 13.9. The Morgan fingerprint density at radius 3 is 2.55 bits per heavy atom. The van der Waals surface area contributed by atoms with Crippen molar-refractivity contribution in [1.82, 2.24) is 19.8 Å². The van der Waals surface area contributed by atoms with Crippen molar-refractivity contribution >= 4 is 16.9 Å². The first-order chi connectivity index (χ1) is 15.9. The average Bonchev–Trinajstić information content (AvgIpc) is 3.46. The number of nitrogens with one attached hydrogen (secondary N) is 1. The minimum atomic E-state index is -0.961. The van der Waals surface area contributed by atoms with E-state index in [2.05, 4.69) is 15.2 Å². The Labute approximate surface area is 192 Å². The second-order valence-corrected chi connectivity index (χ2v) is 8.84. The lowest BCUT2D eigenvalue weighted by atomic mass is 10.0. The van der Waals surface area contributed by atoms with Crippen LogP contribution in [0.3, 0.4) is 0 Å². The van der Waals surface area contributed by atoms with E-state index in [0.29, 0.717) is 17.6 Å². The first-order valence-electron chi connectivity index (χ1n) is 11.4. The predicted molar refractivity (Wildman–Crippen MR) is 123 cm³/mol. The van der Waals surface area contributed by atoms with Crippen LogP contribution >= 0.6 is 0 Å². The zero-order valence-electron chi connectivity index (χ0n) is 19.2. The van der Waals surface area contributed by atoms with Crippen molar-refractivity contribution < 1.29 is 18.3 Å². The van der Waals surface area contributed by atoms with Crippen molar-refractivity contribution in [1.29, 1.82) is 0 Å². The number of para-hydroxylation sites is 1. The van der Waals surface area contributed by atoms with E-state index in [4.69, 9.17) is 4.74 Å². The number of methoxy groups -OCH3 is 1. The third-order valence-electron chi connectivity index (χ3n) is 6.37. The molecular formula is C25H30F2N4O2. The maximum atomic E-state index is 13.9. The van der Waals surface area contributed by atoms with Crippen LogP contribution in [0.4, 0.5) is 8.78 Å². The molecule has 0 spiro atoms. The highest BCUT2D eigenvalue weighted by molar-refractivity contribution is 5.84. The normalized spacial score (nSPS) is 16.3. The van der Waals surface area contributed by atoms with Crippen LogP contribution in [0, 0.1) is 17.6 Å². The molecule has 0 bridgehead atoms. The predicted octanol–water partition coefficient (Wildman–Crippen LogP) is 4.47. The van der Waals surface area contributed by atoms with Gasteiger partial charge >= 0.3 is 0 Å². The zero-order chi connectivity index (χ0) is 23.5. The van der Waals surface area contributed by atoms with Crippen LogP contribution in [-0.4, -0.2) is 47.1 Å². The van der Waals surface area contributed by atoms with Gasteiger partial charge in [0.15, 0.2) is 11.6 Å². The van der Waals surface area contributed by atoms with Gasteiger partial charge in [-0.3, -0.25) is 9.69 Å². The lowest BCUT2D eigenvalue weighted by molar-refractivity contribution is -0.125. The van der Waals surface area contributed by atoms with Crippen molar-refractivity contribution in [2.24, 2.45) is 5.92 Å². The number of carbonyl (C=O) groups excluding carboxylic acids is 1. The second-order valence-electron chi connectivity index (χ2n) is 8.84. The molecule has 6 nitrogen and oxygen atoms in total. The summed E-state index contributed by atoms with van der Waals surface area (Å²) >= 11 is 0. The lowest BCUT2D eigenvalue weighted by Gasteiger charge is -2.30. The number of fused-ring (bicyclic) bond motifs is 1. The molecule has 0 aliphatic carbocycles. The Bertz CT molecular complexity index is 1120. The van der Waals surface area contributed by atoms with Gasteiger partial charge in [-0.2, -0.15) is 0 Å². The molecule has 2 unspecified atom stereocenters. The summed E-state index contributed by atoms with van der Waals surface area (Å²) in [4.78, 5) is 20.0. The van der Waals surface area contributed by atoms with E-state index in [0.717, 1.165) is 49.4 Å². The fraction of sp³-hybridized carbons (Fsp3) is 0.440. The number of nitrogens with zero attached hydrogens (tertiary/aromatic N) is 3. The van der Waals surface area contributed by atoms with Crippen LogP contribution < -0.4 is 10.1 Å². The molecule has 1 amide bonds. The van der Waals surface area contributed by atoms with Crippen molar-refractivity contribution in [3.8, 4) is 5.75 Å². The van der Waals surface area contributed by atoms with Crippen molar-refractivity contribution in [2.45, 2.75) is 38.8 Å². The molecule has 1 saturated heterocycles. The van der Waals surface area contributed by atoms with Gasteiger partial charge < -0.3 is 14.6 Å². The largest absolute Gasteiger partial charge is 0.496 e. The summed E-state index contributed by atoms with van der Waals surface area (Å²) in [6.07, 6.45) is 3.72. The highest BCUT2D eigenvalue weighted by Gasteiger charge is 2.30. The maximum Gasteiger partial charge on any atom is 0.243 e. The van der Waals surface area contributed by atoms with Gasteiger partial charge in [0.25, 0.3) is 0 Å². The molecule has 1 fully saturated rings. The summed E-state index contributed by atoms with van der Waals surface area (Å²) in [5.41, 5.74) is 1.74. The van der Waals surface area contributed by atoms with Crippen LogP contribution in [0.1, 0.15) is 44.3 Å². The molecule has 1 N–H and O–H groups in total. The van der Waals surface area contributed by atoms with Crippen LogP contribution in [0.2, 0.25) is 0 Å². The zero-order valence-corrected chi connectivity index (χ0v) is 19.2. The molecule has 2 aromatic carbocycles.